The van der Waals surface area contributed by atoms with Crippen LogP contribution < -0.4 is 15.2 Å². The lowest BCUT2D eigenvalue weighted by molar-refractivity contribution is 0.334. The maximum absolute atomic E-state index is 10.0. The zero-order chi connectivity index (χ0) is 18.1. The molecule has 3 aromatic rings. The molecule has 7 nitrogen and oxygen atoms in total. The summed E-state index contributed by atoms with van der Waals surface area (Å²) in [5.41, 5.74) is 9.49. The van der Waals surface area contributed by atoms with Crippen LogP contribution in [0.1, 0.15) is 11.1 Å². The van der Waals surface area contributed by atoms with E-state index in [1.807, 2.05) is 0 Å². The molecule has 7 heteroatoms. The number of nitrogens with two attached hydrogens (primary N) is 1. The van der Waals surface area contributed by atoms with Crippen molar-refractivity contribution in [1.29, 1.82) is 5.26 Å². The van der Waals surface area contributed by atoms with E-state index in [-0.39, 0.29) is 28.8 Å². The van der Waals surface area contributed by atoms with Crippen molar-refractivity contribution in [3.8, 4) is 34.7 Å². The number of aromatic hydroxyl groups is 1. The number of fused-ring (bicyclic) bond motifs is 1. The summed E-state index contributed by atoms with van der Waals surface area (Å²) < 4.78 is 10.4. The number of rotatable bonds is 3. The van der Waals surface area contributed by atoms with Gasteiger partial charge < -0.3 is 20.3 Å². The highest BCUT2D eigenvalue weighted by Gasteiger charge is 2.20. The van der Waals surface area contributed by atoms with Gasteiger partial charge in [-0.1, -0.05) is 12.1 Å². The van der Waals surface area contributed by atoms with Gasteiger partial charge in [-0.2, -0.15) is 5.26 Å². The van der Waals surface area contributed by atoms with E-state index in [0.717, 1.165) is 0 Å². The highest BCUT2D eigenvalue weighted by atomic mass is 16.5. The molecular formula is C18H16N4O3. The smallest absolute Gasteiger partial charge is 0.278 e. The summed E-state index contributed by atoms with van der Waals surface area (Å²) in [5, 5.41) is 19.5. The van der Waals surface area contributed by atoms with Crippen molar-refractivity contribution < 1.29 is 14.6 Å². The number of phenols is 1. The van der Waals surface area contributed by atoms with Crippen LogP contribution in [0.5, 0.6) is 17.5 Å². The van der Waals surface area contributed by atoms with E-state index >= 15 is 0 Å². The minimum absolute atomic E-state index is 0.126. The van der Waals surface area contributed by atoms with Gasteiger partial charge in [0.25, 0.3) is 11.8 Å². The summed E-state index contributed by atoms with van der Waals surface area (Å²) in [7, 11) is 2.92. The van der Waals surface area contributed by atoms with Crippen molar-refractivity contribution >= 4 is 16.7 Å². The third kappa shape index (κ3) is 2.54. The number of benzene rings is 2. The monoisotopic (exact) mass is 336 g/mol. The number of hydrogen-bond acceptors (Lipinski definition) is 7. The zero-order valence-corrected chi connectivity index (χ0v) is 14.0. The first kappa shape index (κ1) is 16.3. The van der Waals surface area contributed by atoms with Crippen LogP contribution >= 0.6 is 0 Å². The van der Waals surface area contributed by atoms with Crippen LogP contribution in [0, 0.1) is 18.3 Å². The summed E-state index contributed by atoms with van der Waals surface area (Å²) in [6.45, 7) is 1.77. The van der Waals surface area contributed by atoms with Crippen molar-refractivity contribution in [1.82, 2.24) is 9.97 Å². The molecule has 0 unspecified atom stereocenters. The first-order valence-electron chi connectivity index (χ1n) is 7.43. The molecule has 0 aliphatic rings. The second kappa shape index (κ2) is 6.17. The number of methoxy groups -OCH3 is 2. The van der Waals surface area contributed by atoms with Gasteiger partial charge in [0.1, 0.15) is 17.3 Å². The van der Waals surface area contributed by atoms with Gasteiger partial charge in [-0.3, -0.25) is 0 Å². The number of phenolic OH excluding ortho intramolecular Hbond substituents is 1. The molecule has 0 saturated heterocycles. The van der Waals surface area contributed by atoms with Crippen LogP contribution in [-0.4, -0.2) is 29.3 Å². The molecule has 0 aliphatic carbocycles. The molecule has 0 aliphatic heterocycles. The molecule has 1 heterocycles. The van der Waals surface area contributed by atoms with Crippen LogP contribution in [0.4, 0.5) is 5.69 Å². The third-order valence-corrected chi connectivity index (χ3v) is 4.02. The molecule has 0 bridgehead atoms. The number of nitrogen functional groups attached to an aromatic ring is 1. The fourth-order valence-corrected chi connectivity index (χ4v) is 2.70. The molecule has 0 spiro atoms. The Morgan fingerprint density at radius 2 is 1.84 bits per heavy atom. The van der Waals surface area contributed by atoms with E-state index < -0.39 is 0 Å². The zero-order valence-electron chi connectivity index (χ0n) is 14.0. The van der Waals surface area contributed by atoms with Crippen molar-refractivity contribution in [3.63, 3.8) is 0 Å². The molecule has 0 amide bonds. The van der Waals surface area contributed by atoms with Gasteiger partial charge in [0, 0.05) is 5.56 Å². The Labute approximate surface area is 144 Å². The predicted molar refractivity (Wildman–Crippen MR) is 93.6 cm³/mol. The fourth-order valence-electron chi connectivity index (χ4n) is 2.70. The molecule has 25 heavy (non-hydrogen) atoms. The summed E-state index contributed by atoms with van der Waals surface area (Å²) in [5.74, 6) is 0.543. The highest BCUT2D eigenvalue weighted by Crippen LogP contribution is 2.40. The minimum atomic E-state index is 0.126. The molecule has 126 valence electrons. The third-order valence-electron chi connectivity index (χ3n) is 4.02. The normalized spacial score (nSPS) is 10.5. The molecule has 2 aromatic carbocycles. The maximum atomic E-state index is 10.0. The molecule has 0 saturated carbocycles. The van der Waals surface area contributed by atoms with Gasteiger partial charge in [0.2, 0.25) is 0 Å². The first-order valence-corrected chi connectivity index (χ1v) is 7.43. The minimum Gasteiger partial charge on any atom is -0.508 e. The Morgan fingerprint density at radius 3 is 2.48 bits per heavy atom. The van der Waals surface area contributed by atoms with Gasteiger partial charge in [-0.25, -0.2) is 9.97 Å². The van der Waals surface area contributed by atoms with Crippen molar-refractivity contribution in [3.05, 3.63) is 35.4 Å². The van der Waals surface area contributed by atoms with Crippen LogP contribution in [0.15, 0.2) is 24.3 Å². The van der Waals surface area contributed by atoms with Crippen LogP contribution in [-0.2, 0) is 0 Å². The molecule has 0 atom stereocenters. The molecular weight excluding hydrogens is 320 g/mol. The highest BCUT2D eigenvalue weighted by molar-refractivity contribution is 6.01. The first-order chi connectivity index (χ1) is 12.0. The predicted octanol–water partition coefficient (Wildman–Crippen LogP) is 2.78. The van der Waals surface area contributed by atoms with E-state index in [1.165, 1.54) is 14.2 Å². The molecule has 3 N–H and O–H groups in total. The maximum Gasteiger partial charge on any atom is 0.278 e. The Hall–Kier alpha value is -3.53. The van der Waals surface area contributed by atoms with E-state index in [4.69, 9.17) is 15.2 Å². The molecule has 3 rings (SSSR count). The van der Waals surface area contributed by atoms with E-state index in [9.17, 15) is 10.4 Å². The Morgan fingerprint density at radius 1 is 1.16 bits per heavy atom. The lowest BCUT2D eigenvalue weighted by Gasteiger charge is -2.15. The quantitative estimate of drug-likeness (QED) is 0.707. The number of anilines is 1. The topological polar surface area (TPSA) is 114 Å². The lowest BCUT2D eigenvalue weighted by atomic mass is 9.94. The number of aromatic nitrogens is 2. The van der Waals surface area contributed by atoms with E-state index in [0.29, 0.717) is 27.7 Å². The van der Waals surface area contributed by atoms with E-state index in [2.05, 4.69) is 16.0 Å². The lowest BCUT2D eigenvalue weighted by Crippen LogP contribution is -2.03. The summed E-state index contributed by atoms with van der Waals surface area (Å²) in [4.78, 5) is 8.84. The van der Waals surface area contributed by atoms with Crippen molar-refractivity contribution in [2.24, 2.45) is 0 Å². The van der Waals surface area contributed by atoms with E-state index in [1.54, 1.807) is 31.2 Å². The number of nitriles is 1. The average Bonchev–Trinajstić information content (AvgIpc) is 2.63. The van der Waals surface area contributed by atoms with Gasteiger partial charge in [0.05, 0.1) is 31.0 Å². The van der Waals surface area contributed by atoms with Crippen molar-refractivity contribution in [2.45, 2.75) is 6.92 Å². The number of hydrogen-bond donors (Lipinski definition) is 2. The summed E-state index contributed by atoms with van der Waals surface area (Å²) in [6, 6.07) is 8.72. The molecule has 0 radical (unpaired) electrons. The average molecular weight is 336 g/mol. The van der Waals surface area contributed by atoms with Gasteiger partial charge in [-0.15, -0.1) is 0 Å². The second-order valence-electron chi connectivity index (χ2n) is 5.38. The number of nitrogens with zero attached hydrogens (tertiary/aromatic N) is 3. The van der Waals surface area contributed by atoms with Crippen LogP contribution in [0.2, 0.25) is 0 Å². The Balaban J connectivity index is 2.49. The molecule has 0 fully saturated rings. The second-order valence-corrected chi connectivity index (χ2v) is 5.38. The molecule has 1 aromatic heterocycles. The Bertz CT molecular complexity index is 1030. The van der Waals surface area contributed by atoms with Gasteiger partial charge in [-0.05, 0) is 30.2 Å². The largest absolute Gasteiger partial charge is 0.508 e. The number of ether oxygens (including phenoxy) is 2. The van der Waals surface area contributed by atoms with Crippen LogP contribution in [0.3, 0.4) is 0 Å². The summed E-state index contributed by atoms with van der Waals surface area (Å²) in [6.07, 6.45) is 0. The van der Waals surface area contributed by atoms with Crippen LogP contribution in [0.25, 0.3) is 22.2 Å². The van der Waals surface area contributed by atoms with Gasteiger partial charge >= 0.3 is 0 Å². The SMILES string of the molecule is COc1nc2cc(C#N)c(N)c(-c3cccc(O)c3C)c2nc1OC. The van der Waals surface area contributed by atoms with Crippen molar-refractivity contribution in [2.75, 3.05) is 20.0 Å². The fraction of sp³-hybridized carbons (Fsp3) is 0.167. The Kier molecular flexibility index (Phi) is 4.03. The summed E-state index contributed by atoms with van der Waals surface area (Å²) >= 11 is 0. The van der Waals surface area contributed by atoms with Gasteiger partial charge in [0.15, 0.2) is 0 Å². The standard InChI is InChI=1S/C18H16N4O3/c1-9-11(5-4-6-13(9)23)14-15(20)10(8-19)7-12-16(14)22-18(25-3)17(21-12)24-2/h4-7,23H,20H2,1-3H3.